The lowest BCUT2D eigenvalue weighted by Crippen LogP contribution is -2.46. The minimum atomic E-state index is -4.31. The number of aliphatic hydroxyl groups is 2. The quantitative estimate of drug-likeness (QED) is 0.264. The summed E-state index contributed by atoms with van der Waals surface area (Å²) in [6.45, 7) is -0.515. The average Bonchev–Trinajstić information content (AvgIpc) is 3.04. The van der Waals surface area contributed by atoms with Gasteiger partial charge in [-0.3, -0.25) is 23.2 Å². The van der Waals surface area contributed by atoms with Gasteiger partial charge in [0.1, 0.15) is 18.3 Å². The third-order valence-corrected chi connectivity index (χ3v) is 5.48. The second kappa shape index (κ2) is 6.95. The molecule has 15 heteroatoms. The summed E-state index contributed by atoms with van der Waals surface area (Å²) in [6, 6.07) is 0. The van der Waals surface area contributed by atoms with Gasteiger partial charge in [0.25, 0.3) is 11.5 Å². The second-order valence-electron chi connectivity index (χ2n) is 5.67. The number of imidazole rings is 1. The number of nitrogens with zero attached hydrogens (tertiary/aromatic N) is 3. The molecule has 144 valence electrons. The van der Waals surface area contributed by atoms with E-state index in [9.17, 15) is 24.5 Å². The smallest absolute Gasteiger partial charge is 0.387 e. The van der Waals surface area contributed by atoms with Crippen LogP contribution in [0.15, 0.2) is 11.1 Å². The first-order valence-electron chi connectivity index (χ1n) is 7.28. The van der Waals surface area contributed by atoms with E-state index >= 15 is 0 Å². The van der Waals surface area contributed by atoms with E-state index in [1.807, 2.05) is 0 Å². The van der Waals surface area contributed by atoms with Crippen LogP contribution in [0.25, 0.3) is 11.2 Å². The number of nitrogens with two attached hydrogens (primary N) is 1. The fourth-order valence-electron chi connectivity index (χ4n) is 2.75. The van der Waals surface area contributed by atoms with Crippen LogP contribution in [0.3, 0.4) is 0 Å². The van der Waals surface area contributed by atoms with Crippen LogP contribution in [0.5, 0.6) is 0 Å². The molecule has 0 amide bonds. The zero-order chi connectivity index (χ0) is 19.2. The normalized spacial score (nSPS) is 28.5. The van der Waals surface area contributed by atoms with Gasteiger partial charge in [0, 0.05) is 9.47 Å². The lowest BCUT2D eigenvalue weighted by molar-refractivity contribution is -0.745. The number of ether oxygens (including phenoxy) is 1. The summed E-state index contributed by atoms with van der Waals surface area (Å²) in [4.78, 5) is 27.7. The van der Waals surface area contributed by atoms with Crippen LogP contribution in [-0.4, -0.2) is 54.6 Å². The summed E-state index contributed by atoms with van der Waals surface area (Å²) in [5.74, 6) is -0.130. The van der Waals surface area contributed by atoms with Crippen molar-refractivity contribution in [1.82, 2.24) is 14.5 Å². The van der Waals surface area contributed by atoms with Gasteiger partial charge >= 0.3 is 13.5 Å². The predicted molar refractivity (Wildman–Crippen MR) is 88.4 cm³/mol. The number of fused-ring (bicyclic) bond motifs is 1. The molecule has 2 aromatic rings. The summed E-state index contributed by atoms with van der Waals surface area (Å²) in [5.41, 5.74) is 5.39. The third-order valence-electron chi connectivity index (χ3n) is 3.94. The Morgan fingerprint density at radius 1 is 1.54 bits per heavy atom. The Bertz CT molecular complexity index is 931. The van der Waals surface area contributed by atoms with E-state index in [2.05, 4.69) is 18.8 Å². The molecule has 0 aliphatic carbocycles. The van der Waals surface area contributed by atoms with Gasteiger partial charge in [0.05, 0.1) is 13.7 Å². The van der Waals surface area contributed by atoms with Gasteiger partial charge in [-0.1, -0.05) is 4.98 Å². The second-order valence-corrected chi connectivity index (χ2v) is 7.71. The van der Waals surface area contributed by atoms with Gasteiger partial charge in [-0.15, -0.1) is 0 Å². The van der Waals surface area contributed by atoms with E-state index in [0.717, 1.165) is 0 Å². The molecule has 0 radical (unpaired) electrons. The number of nitrogen functional groups attached to an aromatic ring is 1. The van der Waals surface area contributed by atoms with Crippen molar-refractivity contribution in [3.8, 4) is 0 Å². The van der Waals surface area contributed by atoms with Crippen molar-refractivity contribution in [2.24, 2.45) is 7.05 Å². The summed E-state index contributed by atoms with van der Waals surface area (Å²) in [7, 11) is -1.13. The Morgan fingerprint density at radius 2 is 2.23 bits per heavy atom. The van der Waals surface area contributed by atoms with E-state index in [0.29, 0.717) is 0 Å². The van der Waals surface area contributed by atoms with Gasteiger partial charge in [0.15, 0.2) is 6.33 Å². The molecule has 2 unspecified atom stereocenters. The molecule has 1 saturated heterocycles. The highest BCUT2D eigenvalue weighted by Crippen LogP contribution is 2.46. The first-order chi connectivity index (χ1) is 12.1. The van der Waals surface area contributed by atoms with E-state index < -0.39 is 44.5 Å². The summed E-state index contributed by atoms with van der Waals surface area (Å²) < 4.78 is 28.5. The summed E-state index contributed by atoms with van der Waals surface area (Å²) in [5, 5.41) is 20.4. The zero-order valence-electron chi connectivity index (χ0n) is 13.4. The molecule has 0 bridgehead atoms. The van der Waals surface area contributed by atoms with Gasteiger partial charge in [-0.2, -0.15) is 0 Å². The number of aromatic nitrogens is 4. The molecule has 6 atom stereocenters. The van der Waals surface area contributed by atoms with Crippen LogP contribution in [-0.2, 0) is 25.2 Å². The molecule has 2 aromatic heterocycles. The number of phosphoric ester groups is 1. The molecule has 26 heavy (non-hydrogen) atoms. The molecule has 3 heterocycles. The number of aryl methyl sites for hydroxylation is 1. The van der Waals surface area contributed by atoms with Gasteiger partial charge in [-0.25, -0.2) is 9.13 Å². The maximum absolute atomic E-state index is 12.0. The number of anilines is 1. The zero-order valence-corrected chi connectivity index (χ0v) is 15.5. The Kier molecular flexibility index (Phi) is 5.17. The predicted octanol–water partition coefficient (Wildman–Crippen LogP) is -2.33. The highest BCUT2D eigenvalue weighted by atomic mass is 31.2. The van der Waals surface area contributed by atoms with Crippen molar-refractivity contribution < 1.29 is 37.8 Å². The van der Waals surface area contributed by atoms with Crippen molar-refractivity contribution >= 4 is 34.4 Å². The van der Waals surface area contributed by atoms with E-state index in [4.69, 9.17) is 10.5 Å². The van der Waals surface area contributed by atoms with Crippen LogP contribution in [0.4, 0.5) is 5.95 Å². The molecule has 1 aliphatic heterocycles. The number of aliphatic hydroxyl groups excluding tert-OH is 2. The Labute approximate surface area is 148 Å². The molecule has 0 saturated carbocycles. The number of rotatable bonds is 5. The van der Waals surface area contributed by atoms with Crippen LogP contribution in [0, 0.1) is 0 Å². The molecule has 0 spiro atoms. The Morgan fingerprint density at radius 3 is 2.88 bits per heavy atom. The van der Waals surface area contributed by atoms with E-state index in [-0.39, 0.29) is 17.1 Å². The topological polar surface area (TPSA) is 186 Å². The minimum Gasteiger partial charge on any atom is -0.387 e. The van der Waals surface area contributed by atoms with Gasteiger partial charge in [0.2, 0.25) is 11.7 Å². The summed E-state index contributed by atoms with van der Waals surface area (Å²) in [6.07, 6.45) is -3.66. The number of phosphoric acid groups is 1. The molecule has 1 fully saturated rings. The lowest BCUT2D eigenvalue weighted by atomic mass is 10.1. The molecule has 0 aromatic carbocycles. The standard InChI is InChI=1S/C11H17N5O8P2/c1-15-3-16(8-5(15)9(19)14-11(12)13-8)10-7(18)6(17)4(23-10)2-22-26(20,21)24-25/h3-4,6-7,10,17-18H,2,25H2,1H3,(H3-,12,13,14,19,20,21)/p+1/t4-,6-,7-,10-/m1/s1. The first kappa shape index (κ1) is 19.3. The average molecular weight is 410 g/mol. The number of H-pyrrole nitrogens is 1. The van der Waals surface area contributed by atoms with Crippen molar-refractivity contribution in [1.29, 1.82) is 0 Å². The van der Waals surface area contributed by atoms with Crippen LogP contribution < -0.4 is 15.9 Å². The maximum Gasteiger partial charge on any atom is 0.474 e. The summed E-state index contributed by atoms with van der Waals surface area (Å²) >= 11 is 0. The van der Waals surface area contributed by atoms with Crippen molar-refractivity contribution in [2.45, 2.75) is 24.5 Å². The number of hydrogen-bond acceptors (Lipinski definition) is 9. The van der Waals surface area contributed by atoms with Crippen LogP contribution >= 0.6 is 17.3 Å². The number of nitrogens with one attached hydrogen (secondary N) is 1. The third kappa shape index (κ3) is 3.40. The highest BCUT2D eigenvalue weighted by Gasteiger charge is 2.47. The van der Waals surface area contributed by atoms with Crippen LogP contribution in [0.2, 0.25) is 0 Å². The highest BCUT2D eigenvalue weighted by molar-refractivity contribution is 7.52. The van der Waals surface area contributed by atoms with Gasteiger partial charge in [-0.05, 0) is 0 Å². The fraction of sp³-hybridized carbons (Fsp3) is 0.545. The maximum atomic E-state index is 12.0. The molecular weight excluding hydrogens is 392 g/mol. The molecule has 13 nitrogen and oxygen atoms in total. The molecular formula is C11H18N5O8P2+. The number of hydrogen-bond donors (Lipinski definition) is 5. The van der Waals surface area contributed by atoms with E-state index in [1.54, 1.807) is 16.5 Å². The lowest BCUT2D eigenvalue weighted by Gasteiger charge is -2.15. The molecule has 3 rings (SSSR count). The molecule has 1 aliphatic rings. The molecule has 6 N–H and O–H groups in total. The minimum absolute atomic E-state index is 0.130. The fourth-order valence-corrected chi connectivity index (χ4v) is 3.33. The van der Waals surface area contributed by atoms with Crippen molar-refractivity contribution in [2.75, 3.05) is 12.3 Å². The Hall–Kier alpha value is -1.43. The van der Waals surface area contributed by atoms with Crippen LogP contribution in [0.1, 0.15) is 6.23 Å². The van der Waals surface area contributed by atoms with Crippen molar-refractivity contribution in [3.05, 3.63) is 16.7 Å². The monoisotopic (exact) mass is 410 g/mol. The Balaban J connectivity index is 1.92. The largest absolute Gasteiger partial charge is 0.474 e. The first-order valence-corrected chi connectivity index (χ1v) is 9.24. The van der Waals surface area contributed by atoms with E-state index in [1.165, 1.54) is 15.5 Å². The van der Waals surface area contributed by atoms with Crippen molar-refractivity contribution in [3.63, 3.8) is 0 Å². The SMILES string of the molecule is Cn1c[n+]([C@@H]2O[C@H](COP(=O)(O)OP)[C@@H](O)[C@H]2O)c2nc(N)[nH]c(=O)c21. The number of aromatic amines is 1. The van der Waals surface area contributed by atoms with Gasteiger partial charge < -0.3 is 25.6 Å².